The highest BCUT2D eigenvalue weighted by Crippen LogP contribution is 2.32. The Labute approximate surface area is 208 Å². The van der Waals surface area contributed by atoms with Gasteiger partial charge in [0.1, 0.15) is 11.9 Å². The first kappa shape index (κ1) is 14.9. The topological polar surface area (TPSA) is 91.0 Å². The number of nitrogens with zero attached hydrogens (tertiary/aromatic N) is 2. The van der Waals surface area contributed by atoms with Crippen molar-refractivity contribution < 1.29 is 34.5 Å². The number of amides is 3. The maximum Gasteiger partial charge on any atom is 0.255 e. The summed E-state index contributed by atoms with van der Waals surface area (Å²) in [5.74, 6) is -2.15. The highest BCUT2D eigenvalue weighted by atomic mass is 19.1. The van der Waals surface area contributed by atoms with E-state index in [1.54, 1.807) is 18.2 Å². The number of benzene rings is 2. The van der Waals surface area contributed by atoms with Crippen molar-refractivity contribution in [2.75, 3.05) is 31.4 Å². The van der Waals surface area contributed by atoms with E-state index in [-0.39, 0.29) is 47.9 Å². The van der Waals surface area contributed by atoms with Crippen LogP contribution in [-0.4, -0.2) is 59.7 Å². The maximum atomic E-state index is 15.7. The van der Waals surface area contributed by atoms with Crippen LogP contribution < -0.4 is 10.6 Å². The molecule has 0 aliphatic carbocycles. The minimum absolute atomic E-state index is 0.0943. The zero-order chi connectivity index (χ0) is 30.8. The first-order chi connectivity index (χ1) is 19.5. The molecule has 9 heteroatoms. The number of hydrogen-bond donors (Lipinski definition) is 2. The standard InChI is InChI=1S/C25H27FN4O4/c26-23-16(3-1-4-17(23)14-29-9-11-34-12-10-29)13-27-20-6-2-5-18-19(20)15-30(25(18)33)21-7-8-22(31)28-24(21)32/h1-6,21,27H,7-15H2,(H,28,31,32)/i9D2,10D2,11D2,12D2. The molecule has 2 N–H and O–H groups in total. The lowest BCUT2D eigenvalue weighted by molar-refractivity contribution is -0.136. The van der Waals surface area contributed by atoms with Gasteiger partial charge in [0, 0.05) is 72.5 Å². The van der Waals surface area contributed by atoms with Crippen LogP contribution >= 0.6 is 0 Å². The highest BCUT2D eigenvalue weighted by Gasteiger charge is 2.39. The van der Waals surface area contributed by atoms with Crippen LogP contribution in [0.1, 0.15) is 50.9 Å². The fourth-order valence-electron chi connectivity index (χ4n) is 4.29. The van der Waals surface area contributed by atoms with Crippen molar-refractivity contribution in [3.63, 3.8) is 0 Å². The van der Waals surface area contributed by atoms with Crippen molar-refractivity contribution in [1.29, 1.82) is 0 Å². The zero-order valence-corrected chi connectivity index (χ0v) is 18.0. The number of nitrogens with one attached hydrogen (secondary N) is 2. The van der Waals surface area contributed by atoms with E-state index in [9.17, 15) is 14.4 Å². The van der Waals surface area contributed by atoms with Crippen LogP contribution in [-0.2, 0) is 34.0 Å². The number of morpholine rings is 1. The average molecular weight is 475 g/mol. The van der Waals surface area contributed by atoms with Crippen LogP contribution in [0.2, 0.25) is 0 Å². The second-order valence-electron chi connectivity index (χ2n) is 8.09. The zero-order valence-electron chi connectivity index (χ0n) is 26.0. The van der Waals surface area contributed by atoms with Gasteiger partial charge in [-0.15, -0.1) is 0 Å². The number of rotatable bonds is 6. The molecule has 2 aromatic rings. The Morgan fingerprint density at radius 2 is 1.88 bits per heavy atom. The summed E-state index contributed by atoms with van der Waals surface area (Å²) < 4.78 is 84.2. The van der Waals surface area contributed by atoms with Crippen molar-refractivity contribution in [3.8, 4) is 0 Å². The fourth-order valence-corrected chi connectivity index (χ4v) is 4.29. The van der Waals surface area contributed by atoms with Crippen LogP contribution in [0.15, 0.2) is 36.4 Å². The minimum atomic E-state index is -3.25. The molecule has 3 heterocycles. The van der Waals surface area contributed by atoms with Gasteiger partial charge in [0.25, 0.3) is 5.91 Å². The summed E-state index contributed by atoms with van der Waals surface area (Å²) in [6, 6.07) is 8.28. The molecule has 0 spiro atoms. The average Bonchev–Trinajstić information content (AvgIpc) is 3.22. The van der Waals surface area contributed by atoms with Gasteiger partial charge in [0.05, 0.1) is 18.6 Å². The Hall–Kier alpha value is -3.30. The number of carbonyl (C=O) groups excluding carboxylic acids is 3. The van der Waals surface area contributed by atoms with Crippen LogP contribution in [0.3, 0.4) is 0 Å². The molecule has 0 aromatic heterocycles. The van der Waals surface area contributed by atoms with Crippen molar-refractivity contribution in [1.82, 2.24) is 15.1 Å². The monoisotopic (exact) mass is 474 g/mol. The molecule has 1 atom stereocenters. The number of ether oxygens (including phenoxy) is 1. The van der Waals surface area contributed by atoms with E-state index in [1.807, 2.05) is 0 Å². The first-order valence-electron chi connectivity index (χ1n) is 14.7. The van der Waals surface area contributed by atoms with Crippen LogP contribution in [0.25, 0.3) is 0 Å². The molecule has 178 valence electrons. The summed E-state index contributed by atoms with van der Waals surface area (Å²) in [5.41, 5.74) is 1.34. The largest absolute Gasteiger partial charge is 0.381 e. The molecular weight excluding hydrogens is 439 g/mol. The van der Waals surface area contributed by atoms with E-state index >= 15 is 4.39 Å². The molecule has 3 amide bonds. The molecule has 5 rings (SSSR count). The molecular formula is C25H27FN4O4. The Balaban J connectivity index is 1.36. The number of piperidine rings is 1. The number of halogens is 1. The third-order valence-electron chi connectivity index (χ3n) is 6.00. The normalized spacial score (nSPS) is 30.3. The minimum Gasteiger partial charge on any atom is -0.381 e. The van der Waals surface area contributed by atoms with Crippen LogP contribution in [0, 0.1) is 5.82 Å². The Morgan fingerprint density at radius 3 is 2.68 bits per heavy atom. The molecule has 2 aromatic carbocycles. The van der Waals surface area contributed by atoms with Crippen molar-refractivity contribution in [2.24, 2.45) is 0 Å². The number of carbonyl (C=O) groups is 3. The quantitative estimate of drug-likeness (QED) is 0.623. The lowest BCUT2D eigenvalue weighted by atomic mass is 10.0. The fraction of sp³-hybridized carbons (Fsp3) is 0.400. The first-order valence-corrected chi connectivity index (χ1v) is 10.7. The van der Waals surface area contributed by atoms with Gasteiger partial charge in [-0.2, -0.15) is 0 Å². The van der Waals surface area contributed by atoms with Gasteiger partial charge >= 0.3 is 0 Å². The third-order valence-corrected chi connectivity index (χ3v) is 6.00. The number of fused-ring (bicyclic) bond motifs is 1. The number of anilines is 1. The van der Waals surface area contributed by atoms with E-state index < -0.39 is 56.3 Å². The van der Waals surface area contributed by atoms with E-state index in [2.05, 4.69) is 15.4 Å². The third kappa shape index (κ3) is 4.41. The van der Waals surface area contributed by atoms with Crippen molar-refractivity contribution in [3.05, 3.63) is 64.5 Å². The summed E-state index contributed by atoms with van der Waals surface area (Å²) >= 11 is 0. The van der Waals surface area contributed by atoms with Crippen molar-refractivity contribution in [2.45, 2.75) is 38.5 Å². The summed E-state index contributed by atoms with van der Waals surface area (Å²) in [6.45, 7) is -13.6. The number of imide groups is 1. The molecule has 34 heavy (non-hydrogen) atoms. The van der Waals surface area contributed by atoms with Gasteiger partial charge in [-0.1, -0.05) is 24.3 Å². The maximum absolute atomic E-state index is 15.7. The molecule has 3 aliphatic heterocycles. The molecule has 3 aliphatic rings. The summed E-state index contributed by atoms with van der Waals surface area (Å²) in [5, 5.41) is 5.33. The number of hydrogen-bond acceptors (Lipinski definition) is 6. The molecule has 2 saturated heterocycles. The van der Waals surface area contributed by atoms with Gasteiger partial charge in [-0.05, 0) is 18.6 Å². The summed E-state index contributed by atoms with van der Waals surface area (Å²) in [6.07, 6.45) is 0.313. The second kappa shape index (κ2) is 9.52. The summed E-state index contributed by atoms with van der Waals surface area (Å²) in [4.78, 5) is 38.6. The predicted molar refractivity (Wildman–Crippen MR) is 122 cm³/mol. The Morgan fingerprint density at radius 1 is 1.12 bits per heavy atom. The SMILES string of the molecule is [2H]C1([2H])OC([2H])([2H])C([2H])([2H])N(Cc2cccc(CNc3cccc4c3CN(C3CCC(=O)NC3=O)C4=O)c2F)C1([2H])[2H]. The highest BCUT2D eigenvalue weighted by molar-refractivity contribution is 6.06. The van der Waals surface area contributed by atoms with Crippen LogP contribution in [0.5, 0.6) is 0 Å². The van der Waals surface area contributed by atoms with Gasteiger partial charge in [-0.3, -0.25) is 24.6 Å². The van der Waals surface area contributed by atoms with Gasteiger partial charge in [0.15, 0.2) is 0 Å². The van der Waals surface area contributed by atoms with E-state index in [0.29, 0.717) is 16.8 Å². The molecule has 2 fully saturated rings. The van der Waals surface area contributed by atoms with Crippen LogP contribution in [0.4, 0.5) is 10.1 Å². The van der Waals surface area contributed by atoms with Gasteiger partial charge in [-0.25, -0.2) is 4.39 Å². The lowest BCUT2D eigenvalue weighted by Gasteiger charge is -2.29. The smallest absolute Gasteiger partial charge is 0.255 e. The van der Waals surface area contributed by atoms with E-state index in [4.69, 9.17) is 11.0 Å². The van der Waals surface area contributed by atoms with Gasteiger partial charge < -0.3 is 15.0 Å². The van der Waals surface area contributed by atoms with Gasteiger partial charge in [0.2, 0.25) is 11.8 Å². The summed E-state index contributed by atoms with van der Waals surface area (Å²) in [7, 11) is 0. The predicted octanol–water partition coefficient (Wildman–Crippen LogP) is 2.03. The molecule has 0 bridgehead atoms. The molecule has 0 saturated carbocycles. The van der Waals surface area contributed by atoms with Crippen molar-refractivity contribution >= 4 is 23.4 Å². The van der Waals surface area contributed by atoms with E-state index in [1.165, 1.54) is 23.1 Å². The molecule has 0 radical (unpaired) electrons. The lowest BCUT2D eigenvalue weighted by Crippen LogP contribution is -2.52. The molecule has 1 unspecified atom stereocenters. The Kier molecular flexibility index (Phi) is 4.16. The second-order valence-corrected chi connectivity index (χ2v) is 8.09. The Bertz CT molecular complexity index is 1450. The van der Waals surface area contributed by atoms with E-state index in [0.717, 1.165) is 0 Å². The molecule has 8 nitrogen and oxygen atoms in total.